The van der Waals surface area contributed by atoms with Crippen molar-refractivity contribution < 1.29 is 34.4 Å². The Balaban J connectivity index is 2.34. The number of imidazole rings is 1. The molecule has 1 aliphatic heterocycles. The Morgan fingerprint density at radius 3 is 2.17 bits per heavy atom. The fraction of sp³-hybridized carbons (Fsp3) is 0.444. The number of fused-ring (bicyclic) bond motifs is 1. The van der Waals surface area contributed by atoms with Crippen molar-refractivity contribution in [2.75, 3.05) is 0 Å². The highest BCUT2D eigenvalue weighted by molar-refractivity contribution is 9.13. The van der Waals surface area contributed by atoms with Gasteiger partial charge in [-0.1, -0.05) is 0 Å². The Morgan fingerprint density at radius 1 is 1.13 bits per heavy atom. The fourth-order valence-corrected chi connectivity index (χ4v) is 4.63. The third kappa shape index (κ3) is 3.10. The van der Waals surface area contributed by atoms with E-state index in [0.717, 1.165) is 25.3 Å². The SMILES string of the molecule is CC(=O)C(O)[C@H]1O[C@@H](n2c(Cl)nc3cc(Br)c(Br)cc32)[C@@](O)(C(C)=O)[C@@]1(O)C(C)=O. The topological polar surface area (TPSA) is 139 Å². The van der Waals surface area contributed by atoms with Crippen molar-refractivity contribution in [2.24, 2.45) is 0 Å². The molecule has 2 heterocycles. The number of benzene rings is 1. The van der Waals surface area contributed by atoms with Gasteiger partial charge >= 0.3 is 0 Å². The third-order valence-corrected chi connectivity index (χ3v) is 7.44. The highest BCUT2D eigenvalue weighted by Crippen LogP contribution is 2.50. The van der Waals surface area contributed by atoms with Gasteiger partial charge in [0, 0.05) is 8.95 Å². The molecule has 1 unspecified atom stereocenters. The molecule has 0 amide bonds. The van der Waals surface area contributed by atoms with Crippen LogP contribution in [0.2, 0.25) is 5.28 Å². The molecule has 9 nitrogen and oxygen atoms in total. The van der Waals surface area contributed by atoms with E-state index in [0.29, 0.717) is 20.0 Å². The first-order valence-electron chi connectivity index (χ1n) is 8.61. The van der Waals surface area contributed by atoms with Crippen LogP contribution in [-0.4, -0.2) is 65.6 Å². The lowest BCUT2D eigenvalue weighted by atomic mass is 9.73. The number of ketones is 3. The maximum absolute atomic E-state index is 12.6. The number of ether oxygens (including phenoxy) is 1. The lowest BCUT2D eigenvalue weighted by molar-refractivity contribution is -0.184. The molecule has 1 aromatic heterocycles. The Labute approximate surface area is 192 Å². The molecule has 0 saturated carbocycles. The van der Waals surface area contributed by atoms with Crippen LogP contribution in [0, 0.1) is 0 Å². The minimum absolute atomic E-state index is 0.219. The summed E-state index contributed by atoms with van der Waals surface area (Å²) >= 11 is 12.9. The highest BCUT2D eigenvalue weighted by atomic mass is 79.9. The van der Waals surface area contributed by atoms with E-state index >= 15 is 0 Å². The number of halogens is 3. The average molecular weight is 569 g/mol. The molecule has 5 atom stereocenters. The van der Waals surface area contributed by atoms with Crippen LogP contribution in [0.1, 0.15) is 27.0 Å². The van der Waals surface area contributed by atoms with E-state index < -0.39 is 47.0 Å². The zero-order valence-corrected chi connectivity index (χ0v) is 19.8. The Morgan fingerprint density at radius 2 is 1.67 bits per heavy atom. The van der Waals surface area contributed by atoms with E-state index in [4.69, 9.17) is 16.3 Å². The third-order valence-electron chi connectivity index (χ3n) is 5.33. The van der Waals surface area contributed by atoms with E-state index in [1.54, 1.807) is 12.1 Å². The molecule has 3 rings (SSSR count). The summed E-state index contributed by atoms with van der Waals surface area (Å²) in [7, 11) is 0. The number of rotatable bonds is 5. The summed E-state index contributed by atoms with van der Waals surface area (Å²) in [6.45, 7) is 2.89. The van der Waals surface area contributed by atoms with E-state index in [9.17, 15) is 29.7 Å². The maximum Gasteiger partial charge on any atom is 0.206 e. The van der Waals surface area contributed by atoms with Crippen molar-refractivity contribution in [1.82, 2.24) is 9.55 Å². The van der Waals surface area contributed by atoms with Gasteiger partial charge in [-0.3, -0.25) is 19.0 Å². The molecule has 1 aromatic carbocycles. The van der Waals surface area contributed by atoms with E-state index in [1.807, 2.05) is 0 Å². The van der Waals surface area contributed by atoms with Gasteiger partial charge in [0.15, 0.2) is 29.2 Å². The van der Waals surface area contributed by atoms with Gasteiger partial charge in [-0.2, -0.15) is 0 Å². The Hall–Kier alpha value is -1.21. The molecular weight excluding hydrogens is 551 g/mol. The van der Waals surface area contributed by atoms with Crippen molar-refractivity contribution >= 4 is 71.8 Å². The molecule has 0 bridgehead atoms. The van der Waals surface area contributed by atoms with Crippen LogP contribution in [0.15, 0.2) is 21.1 Å². The molecule has 162 valence electrons. The van der Waals surface area contributed by atoms with Crippen LogP contribution < -0.4 is 0 Å². The van der Waals surface area contributed by atoms with Gasteiger partial charge in [-0.15, -0.1) is 0 Å². The number of Topliss-reactive ketones (excluding diaryl/α,β-unsaturated/α-hetero) is 3. The molecule has 1 saturated heterocycles. The van der Waals surface area contributed by atoms with Crippen LogP contribution in [0.25, 0.3) is 11.0 Å². The summed E-state index contributed by atoms with van der Waals surface area (Å²) in [6.07, 6.45) is -5.70. The largest absolute Gasteiger partial charge is 0.382 e. The number of carbonyl (C=O) groups excluding carboxylic acids is 3. The van der Waals surface area contributed by atoms with Gasteiger partial charge in [0.2, 0.25) is 10.9 Å². The number of hydrogen-bond donors (Lipinski definition) is 3. The van der Waals surface area contributed by atoms with Crippen molar-refractivity contribution in [3.05, 3.63) is 26.4 Å². The van der Waals surface area contributed by atoms with Crippen molar-refractivity contribution in [3.63, 3.8) is 0 Å². The molecule has 0 aliphatic carbocycles. The smallest absolute Gasteiger partial charge is 0.206 e. The minimum atomic E-state index is -2.93. The molecule has 3 N–H and O–H groups in total. The van der Waals surface area contributed by atoms with Crippen LogP contribution in [0.3, 0.4) is 0 Å². The van der Waals surface area contributed by atoms with Gasteiger partial charge in [-0.25, -0.2) is 4.98 Å². The second-order valence-corrected chi connectivity index (χ2v) is 9.16. The summed E-state index contributed by atoms with van der Waals surface area (Å²) in [5, 5.41) is 32.7. The maximum atomic E-state index is 12.6. The first kappa shape index (κ1) is 23.5. The quantitative estimate of drug-likeness (QED) is 0.496. The first-order valence-corrected chi connectivity index (χ1v) is 10.6. The predicted molar refractivity (Wildman–Crippen MR) is 112 cm³/mol. The van der Waals surface area contributed by atoms with Crippen LogP contribution >= 0.6 is 43.5 Å². The van der Waals surface area contributed by atoms with E-state index in [2.05, 4.69) is 36.8 Å². The molecule has 30 heavy (non-hydrogen) atoms. The predicted octanol–water partition coefficient (Wildman–Crippen LogP) is 1.70. The van der Waals surface area contributed by atoms with Crippen molar-refractivity contribution in [3.8, 4) is 0 Å². The minimum Gasteiger partial charge on any atom is -0.382 e. The number of carbonyl (C=O) groups is 3. The van der Waals surface area contributed by atoms with Crippen LogP contribution in [0.5, 0.6) is 0 Å². The lowest BCUT2D eigenvalue weighted by Crippen LogP contribution is -2.67. The Kier molecular flexibility index (Phi) is 6.04. The van der Waals surface area contributed by atoms with E-state index in [1.165, 1.54) is 0 Å². The summed E-state index contributed by atoms with van der Waals surface area (Å²) in [5.41, 5.74) is -5.16. The average Bonchev–Trinajstić information content (AvgIpc) is 3.07. The molecule has 0 spiro atoms. The second-order valence-electron chi connectivity index (χ2n) is 7.12. The Bertz CT molecular complexity index is 1090. The van der Waals surface area contributed by atoms with Crippen LogP contribution in [-0.2, 0) is 19.1 Å². The standard InChI is InChI=1S/C18H17Br2ClN2O7/c1-6(24)13(27)14-17(28,7(2)25)18(29,8(3)26)15(30-14)23-12-5-10(20)9(19)4-11(12)22-16(23)21/h4-5,13-15,27-29H,1-3H3/t13?,14-,15-,17-,18+/m1/s1. The number of aromatic nitrogens is 2. The molecule has 1 fully saturated rings. The van der Waals surface area contributed by atoms with E-state index in [-0.39, 0.29) is 5.28 Å². The molecular formula is C18H17Br2ClN2O7. The van der Waals surface area contributed by atoms with Gasteiger partial charge < -0.3 is 20.1 Å². The molecule has 12 heteroatoms. The van der Waals surface area contributed by atoms with Gasteiger partial charge in [-0.05, 0) is 76.4 Å². The zero-order chi connectivity index (χ0) is 22.8. The van der Waals surface area contributed by atoms with Gasteiger partial charge in [0.05, 0.1) is 11.0 Å². The summed E-state index contributed by atoms with van der Waals surface area (Å²) < 4.78 is 7.99. The van der Waals surface area contributed by atoms with Gasteiger partial charge in [0.25, 0.3) is 0 Å². The first-order chi connectivity index (χ1) is 13.8. The highest BCUT2D eigenvalue weighted by Gasteiger charge is 2.73. The number of aliphatic hydroxyl groups is 3. The second kappa shape index (κ2) is 7.73. The van der Waals surface area contributed by atoms with Crippen LogP contribution in [0.4, 0.5) is 0 Å². The van der Waals surface area contributed by atoms with Gasteiger partial charge in [0.1, 0.15) is 12.2 Å². The zero-order valence-electron chi connectivity index (χ0n) is 15.9. The molecule has 2 aromatic rings. The normalized spacial score (nSPS) is 29.9. The molecule has 0 radical (unpaired) electrons. The number of hydrogen-bond acceptors (Lipinski definition) is 8. The fourth-order valence-electron chi connectivity index (χ4n) is 3.70. The summed E-state index contributed by atoms with van der Waals surface area (Å²) in [6, 6.07) is 3.19. The van der Waals surface area contributed by atoms with Crippen molar-refractivity contribution in [1.29, 1.82) is 0 Å². The summed E-state index contributed by atoms with van der Waals surface area (Å²) in [5.74, 6) is -2.94. The monoisotopic (exact) mass is 566 g/mol. The summed E-state index contributed by atoms with van der Waals surface area (Å²) in [4.78, 5) is 41.0. The lowest BCUT2D eigenvalue weighted by Gasteiger charge is -2.38. The number of aliphatic hydroxyl groups excluding tert-OH is 1. The number of nitrogens with zero attached hydrogens (tertiary/aromatic N) is 2. The van der Waals surface area contributed by atoms with Crippen molar-refractivity contribution in [2.45, 2.75) is 50.4 Å². The molecule has 1 aliphatic rings.